The number of hydrogen-bond acceptors (Lipinski definition) is 6. The van der Waals surface area contributed by atoms with Gasteiger partial charge in [-0.1, -0.05) is 12.1 Å². The number of carbonyl (C=O) groups is 1. The molecule has 1 aromatic carbocycles. The van der Waals surface area contributed by atoms with Crippen molar-refractivity contribution in [2.45, 2.75) is 4.90 Å². The van der Waals surface area contributed by atoms with Crippen LogP contribution in [-0.4, -0.2) is 27.3 Å². The zero-order chi connectivity index (χ0) is 18.5. The van der Waals surface area contributed by atoms with Crippen LogP contribution in [0.3, 0.4) is 0 Å². The summed E-state index contributed by atoms with van der Waals surface area (Å²) in [6.45, 7) is 0. The van der Waals surface area contributed by atoms with E-state index in [9.17, 15) is 14.3 Å². The van der Waals surface area contributed by atoms with Crippen molar-refractivity contribution in [1.29, 1.82) is 0 Å². The third kappa shape index (κ3) is 4.09. The van der Waals surface area contributed by atoms with Crippen LogP contribution in [0.1, 0.15) is 10.4 Å². The lowest BCUT2D eigenvalue weighted by molar-refractivity contribution is 0.0697. The summed E-state index contributed by atoms with van der Waals surface area (Å²) in [4.78, 5) is 20.5. The average molecular weight is 370 g/mol. The van der Waals surface area contributed by atoms with Gasteiger partial charge < -0.3 is 15.7 Å². The predicted molar refractivity (Wildman–Crippen MR) is 100 cm³/mol. The Bertz CT molecular complexity index is 935. The molecule has 0 aliphatic rings. The number of halogens is 1. The summed E-state index contributed by atoms with van der Waals surface area (Å²) in [6, 6.07) is 11.9. The molecular weight excluding hydrogens is 355 g/mol. The first-order valence-electron chi connectivity index (χ1n) is 7.59. The van der Waals surface area contributed by atoms with Gasteiger partial charge in [-0.05, 0) is 30.5 Å². The maximum Gasteiger partial charge on any atom is 0.339 e. The molecule has 3 rings (SSSR count). The van der Waals surface area contributed by atoms with E-state index >= 15 is 0 Å². The molecule has 3 N–H and O–H groups in total. The van der Waals surface area contributed by atoms with Crippen LogP contribution >= 0.6 is 11.8 Å². The van der Waals surface area contributed by atoms with Gasteiger partial charge in [-0.3, -0.25) is 0 Å². The molecule has 132 valence electrons. The molecule has 0 saturated heterocycles. The number of rotatable bonds is 6. The second-order valence-electron chi connectivity index (χ2n) is 5.23. The highest BCUT2D eigenvalue weighted by molar-refractivity contribution is 7.98. The Labute approximate surface area is 153 Å². The van der Waals surface area contributed by atoms with E-state index in [-0.39, 0.29) is 5.56 Å². The number of nitrogens with one attached hydrogen (secondary N) is 2. The van der Waals surface area contributed by atoms with Gasteiger partial charge in [-0.25, -0.2) is 19.2 Å². The molecule has 0 saturated carbocycles. The maximum absolute atomic E-state index is 13.0. The van der Waals surface area contributed by atoms with Gasteiger partial charge in [0, 0.05) is 17.2 Å². The molecule has 0 radical (unpaired) electrons. The summed E-state index contributed by atoms with van der Waals surface area (Å²) >= 11 is 1.55. The highest BCUT2D eigenvalue weighted by Gasteiger charge is 2.14. The van der Waals surface area contributed by atoms with Crippen molar-refractivity contribution in [2.24, 2.45) is 0 Å². The minimum absolute atomic E-state index is 0.0403. The van der Waals surface area contributed by atoms with Gasteiger partial charge in [0.25, 0.3) is 0 Å². The van der Waals surface area contributed by atoms with Crippen molar-refractivity contribution in [3.63, 3.8) is 0 Å². The van der Waals surface area contributed by atoms with Crippen molar-refractivity contribution in [3.8, 4) is 0 Å². The summed E-state index contributed by atoms with van der Waals surface area (Å²) in [5, 5.41) is 15.5. The first-order valence-corrected chi connectivity index (χ1v) is 8.81. The molecule has 0 fully saturated rings. The molecule has 0 aliphatic carbocycles. The lowest BCUT2D eigenvalue weighted by Gasteiger charge is -2.14. The van der Waals surface area contributed by atoms with Crippen molar-refractivity contribution in [3.05, 3.63) is 66.2 Å². The predicted octanol–water partition coefficient (Wildman–Crippen LogP) is 4.52. The van der Waals surface area contributed by atoms with E-state index in [0.29, 0.717) is 17.3 Å². The maximum atomic E-state index is 13.0. The van der Waals surface area contributed by atoms with Gasteiger partial charge in [-0.15, -0.1) is 11.8 Å². The molecule has 0 amide bonds. The molecule has 8 heteroatoms. The third-order valence-electron chi connectivity index (χ3n) is 3.49. The van der Waals surface area contributed by atoms with Gasteiger partial charge in [0.2, 0.25) is 0 Å². The minimum atomic E-state index is -1.09. The van der Waals surface area contributed by atoms with Gasteiger partial charge in [0.1, 0.15) is 23.0 Å². The molecule has 0 unspecified atom stereocenters. The fourth-order valence-electron chi connectivity index (χ4n) is 2.27. The van der Waals surface area contributed by atoms with E-state index in [1.165, 1.54) is 18.3 Å². The molecule has 0 aliphatic heterocycles. The Morgan fingerprint density at radius 3 is 2.50 bits per heavy atom. The van der Waals surface area contributed by atoms with Gasteiger partial charge in [0.15, 0.2) is 0 Å². The monoisotopic (exact) mass is 370 g/mol. The molecule has 26 heavy (non-hydrogen) atoms. The molecule has 0 bridgehead atoms. The van der Waals surface area contributed by atoms with Crippen molar-refractivity contribution < 1.29 is 14.3 Å². The van der Waals surface area contributed by atoms with Crippen LogP contribution in [0.15, 0.2) is 59.8 Å². The number of aromatic nitrogens is 2. The topological polar surface area (TPSA) is 87.1 Å². The summed E-state index contributed by atoms with van der Waals surface area (Å²) in [5.74, 6) is -0.746. The molecular formula is C18H15FN4O2S. The van der Waals surface area contributed by atoms with Crippen molar-refractivity contribution in [2.75, 3.05) is 16.9 Å². The number of thioether (sulfide) groups is 1. The lowest BCUT2D eigenvalue weighted by atomic mass is 10.2. The third-order valence-corrected chi connectivity index (χ3v) is 4.29. The second kappa shape index (κ2) is 7.83. The number of anilines is 4. The van der Waals surface area contributed by atoms with E-state index in [1.807, 2.05) is 30.5 Å². The number of para-hydroxylation sites is 1. The number of pyridine rings is 2. The summed E-state index contributed by atoms with van der Waals surface area (Å²) < 4.78 is 13.0. The molecule has 6 nitrogen and oxygen atoms in total. The molecule has 2 aromatic heterocycles. The fourth-order valence-corrected chi connectivity index (χ4v) is 2.83. The smallest absolute Gasteiger partial charge is 0.339 e. The van der Waals surface area contributed by atoms with Crippen LogP contribution in [0.25, 0.3) is 0 Å². The second-order valence-corrected chi connectivity index (χ2v) is 6.08. The highest BCUT2D eigenvalue weighted by Crippen LogP contribution is 2.30. The summed E-state index contributed by atoms with van der Waals surface area (Å²) in [6.07, 6.45) is 4.29. The van der Waals surface area contributed by atoms with Crippen LogP contribution in [0.5, 0.6) is 0 Å². The van der Waals surface area contributed by atoms with Crippen LogP contribution < -0.4 is 10.6 Å². The normalized spacial score (nSPS) is 10.4. The van der Waals surface area contributed by atoms with Crippen molar-refractivity contribution in [1.82, 2.24) is 9.97 Å². The highest BCUT2D eigenvalue weighted by atomic mass is 32.2. The van der Waals surface area contributed by atoms with Gasteiger partial charge in [0.05, 0.1) is 17.6 Å². The Balaban J connectivity index is 1.93. The Hall–Kier alpha value is -3.13. The first-order chi connectivity index (χ1) is 12.6. The molecule has 3 aromatic rings. The minimum Gasteiger partial charge on any atom is -0.478 e. The van der Waals surface area contributed by atoms with Crippen LogP contribution in [0, 0.1) is 5.82 Å². The number of hydrogen-bond donors (Lipinski definition) is 3. The number of carboxylic acid groups (broad SMARTS) is 1. The van der Waals surface area contributed by atoms with Crippen LogP contribution in [0.2, 0.25) is 0 Å². The Kier molecular flexibility index (Phi) is 5.33. The van der Waals surface area contributed by atoms with Crippen molar-refractivity contribution >= 4 is 40.7 Å². The standard InChI is InChI=1S/C18H15FN4O2S/c1-26-15-5-3-2-4-13(15)22-14-8-17(21-10-12(14)18(24)25)23-16-7-6-11(19)9-20-16/h2-10H,1H3,(H,24,25)(H2,20,21,22,23). The van der Waals surface area contributed by atoms with Crippen LogP contribution in [0.4, 0.5) is 27.4 Å². The van der Waals surface area contributed by atoms with Crippen LogP contribution in [-0.2, 0) is 0 Å². The SMILES string of the molecule is CSc1ccccc1Nc1cc(Nc2ccc(F)cn2)ncc1C(=O)O. The van der Waals surface area contributed by atoms with E-state index < -0.39 is 11.8 Å². The van der Waals surface area contributed by atoms with Gasteiger partial charge in [-0.2, -0.15) is 0 Å². The Morgan fingerprint density at radius 2 is 1.81 bits per heavy atom. The molecule has 0 spiro atoms. The average Bonchev–Trinajstić information content (AvgIpc) is 2.64. The van der Waals surface area contributed by atoms with E-state index in [0.717, 1.165) is 16.8 Å². The number of nitrogens with zero attached hydrogens (tertiary/aromatic N) is 2. The molecule has 2 heterocycles. The lowest BCUT2D eigenvalue weighted by Crippen LogP contribution is -2.06. The fraction of sp³-hybridized carbons (Fsp3) is 0.0556. The van der Waals surface area contributed by atoms with Gasteiger partial charge >= 0.3 is 5.97 Å². The number of benzene rings is 1. The largest absolute Gasteiger partial charge is 0.478 e. The summed E-state index contributed by atoms with van der Waals surface area (Å²) in [5.41, 5.74) is 1.22. The van der Waals surface area contributed by atoms with E-state index in [1.54, 1.807) is 17.8 Å². The molecule has 0 atom stereocenters. The Morgan fingerprint density at radius 1 is 1.04 bits per heavy atom. The van der Waals surface area contributed by atoms with E-state index in [2.05, 4.69) is 20.6 Å². The summed E-state index contributed by atoms with van der Waals surface area (Å²) in [7, 11) is 0. The number of aromatic carboxylic acids is 1. The first kappa shape index (κ1) is 17.7. The quantitative estimate of drug-likeness (QED) is 0.550. The van der Waals surface area contributed by atoms with E-state index in [4.69, 9.17) is 0 Å². The zero-order valence-corrected chi connectivity index (χ0v) is 14.5. The zero-order valence-electron chi connectivity index (χ0n) is 13.7. The number of carboxylic acids is 1.